The number of methoxy groups -OCH3 is 1. The van der Waals surface area contributed by atoms with Crippen LogP contribution in [0.5, 0.6) is 0 Å². The Morgan fingerprint density at radius 2 is 1.85 bits per heavy atom. The lowest BCUT2D eigenvalue weighted by molar-refractivity contribution is -0.147. The topological polar surface area (TPSA) is 49.9 Å². The number of esters is 1. The van der Waals surface area contributed by atoms with Gasteiger partial charge in [0.1, 0.15) is 0 Å². The van der Waals surface area contributed by atoms with Crippen molar-refractivity contribution in [1.29, 1.82) is 0 Å². The van der Waals surface area contributed by atoms with Crippen molar-refractivity contribution >= 4 is 11.9 Å². The molecule has 0 aliphatic carbocycles. The fraction of sp³-hybridized carbons (Fsp3) is 0.750. The third kappa shape index (κ3) is 4.47. The van der Waals surface area contributed by atoms with Crippen molar-refractivity contribution in [2.24, 2.45) is 0 Å². The van der Waals surface area contributed by atoms with Crippen LogP contribution in [0.25, 0.3) is 0 Å². The Kier molecular flexibility index (Phi) is 5.06. The van der Waals surface area contributed by atoms with E-state index >= 15 is 0 Å². The molecule has 0 aromatic carbocycles. The third-order valence-corrected chi connectivity index (χ3v) is 1.60. The van der Waals surface area contributed by atoms with E-state index < -0.39 is 0 Å². The molecule has 1 amide bonds. The summed E-state index contributed by atoms with van der Waals surface area (Å²) in [6, 6.07) is 0. The molecule has 0 fully saturated rings. The minimum Gasteiger partial charge on any atom is -0.469 e. The summed E-state index contributed by atoms with van der Waals surface area (Å²) < 4.78 is 4.46. The van der Waals surface area contributed by atoms with Gasteiger partial charge in [-0.05, 0) is 0 Å². The fourth-order valence-electron chi connectivity index (χ4n) is 0.938. The smallest absolute Gasteiger partial charge is 0.307 e. The second-order valence-corrected chi connectivity index (χ2v) is 2.82. The average molecular weight is 188 g/mol. The number of carbonyl (C=O) groups is 2. The highest BCUT2D eigenvalue weighted by atomic mass is 16.5. The zero-order valence-corrected chi connectivity index (χ0v) is 8.53. The van der Waals surface area contributed by atoms with Crippen LogP contribution in [0.2, 0.25) is 0 Å². The van der Waals surface area contributed by atoms with Gasteiger partial charge in [0.05, 0.1) is 13.5 Å². The molecule has 0 aromatic rings. The Labute approximate surface area is 78.2 Å². The Morgan fingerprint density at radius 3 is 2.15 bits per heavy atom. The molecule has 0 atom stereocenters. The Morgan fingerprint density at radius 1 is 1.31 bits per heavy atom. The average Bonchev–Trinajstić information content (AvgIpc) is 2.03. The Hall–Kier alpha value is -1.10. The highest BCUT2D eigenvalue weighted by Crippen LogP contribution is 1.96. The molecular formula is C8H16N2O3. The van der Waals surface area contributed by atoms with Crippen LogP contribution in [0.1, 0.15) is 13.3 Å². The summed E-state index contributed by atoms with van der Waals surface area (Å²) in [5, 5.41) is 3.11. The highest BCUT2D eigenvalue weighted by Gasteiger charge is 2.12. The number of hydrogen-bond donors (Lipinski definition) is 0. The lowest BCUT2D eigenvalue weighted by Gasteiger charge is -2.27. The van der Waals surface area contributed by atoms with E-state index in [1.54, 1.807) is 19.1 Å². The maximum Gasteiger partial charge on any atom is 0.307 e. The molecule has 0 saturated heterocycles. The van der Waals surface area contributed by atoms with Crippen LogP contribution in [0.3, 0.4) is 0 Å². The van der Waals surface area contributed by atoms with Gasteiger partial charge in [-0.3, -0.25) is 14.6 Å². The van der Waals surface area contributed by atoms with Gasteiger partial charge in [0, 0.05) is 27.6 Å². The summed E-state index contributed by atoms with van der Waals surface area (Å²) in [5.74, 6) is -0.401. The molecule has 76 valence electrons. The quantitative estimate of drug-likeness (QED) is 0.455. The second-order valence-electron chi connectivity index (χ2n) is 2.82. The maximum atomic E-state index is 11.0. The van der Waals surface area contributed by atoms with E-state index in [1.165, 1.54) is 19.0 Å². The standard InChI is InChI=1S/C8H16N2O3/c1-7(11)10(9(2)3)6-5-8(12)13-4/h5-6H2,1-4H3. The number of nitrogens with zero attached hydrogens (tertiary/aromatic N) is 2. The zero-order valence-electron chi connectivity index (χ0n) is 8.53. The van der Waals surface area contributed by atoms with Gasteiger partial charge in [-0.25, -0.2) is 5.01 Å². The normalized spacial score (nSPS) is 9.92. The minimum absolute atomic E-state index is 0.0890. The van der Waals surface area contributed by atoms with Gasteiger partial charge < -0.3 is 4.74 Å². The lowest BCUT2D eigenvalue weighted by Crippen LogP contribution is -2.41. The van der Waals surface area contributed by atoms with Crippen molar-refractivity contribution in [3.63, 3.8) is 0 Å². The van der Waals surface area contributed by atoms with Crippen molar-refractivity contribution in [1.82, 2.24) is 10.0 Å². The number of rotatable bonds is 4. The first-order valence-corrected chi connectivity index (χ1v) is 4.01. The van der Waals surface area contributed by atoms with E-state index in [9.17, 15) is 9.59 Å². The van der Waals surface area contributed by atoms with Gasteiger partial charge >= 0.3 is 5.97 Å². The fourth-order valence-corrected chi connectivity index (χ4v) is 0.938. The molecule has 5 heteroatoms. The summed E-state index contributed by atoms with van der Waals surface area (Å²) in [6.07, 6.45) is 0.217. The van der Waals surface area contributed by atoms with Crippen molar-refractivity contribution < 1.29 is 14.3 Å². The minimum atomic E-state index is -0.312. The molecule has 0 unspecified atom stereocenters. The van der Waals surface area contributed by atoms with E-state index in [1.807, 2.05) is 0 Å². The van der Waals surface area contributed by atoms with E-state index in [0.29, 0.717) is 6.54 Å². The van der Waals surface area contributed by atoms with Gasteiger partial charge in [0.25, 0.3) is 0 Å². The summed E-state index contributed by atoms with van der Waals surface area (Å²) >= 11 is 0. The Balaban J connectivity index is 3.97. The van der Waals surface area contributed by atoms with Gasteiger partial charge in [-0.15, -0.1) is 0 Å². The van der Waals surface area contributed by atoms with Crippen LogP contribution in [-0.4, -0.2) is 49.6 Å². The number of carbonyl (C=O) groups excluding carboxylic acids is 2. The molecule has 0 radical (unpaired) electrons. The van der Waals surface area contributed by atoms with Crippen LogP contribution in [-0.2, 0) is 14.3 Å². The number of hydrogen-bond acceptors (Lipinski definition) is 4. The maximum absolute atomic E-state index is 11.0. The third-order valence-electron chi connectivity index (χ3n) is 1.60. The van der Waals surface area contributed by atoms with Crippen LogP contribution in [0, 0.1) is 0 Å². The van der Waals surface area contributed by atoms with Gasteiger partial charge in [-0.2, -0.15) is 0 Å². The van der Waals surface area contributed by atoms with Gasteiger partial charge in [0.2, 0.25) is 5.91 Å². The van der Waals surface area contributed by atoms with Crippen molar-refractivity contribution in [2.45, 2.75) is 13.3 Å². The zero-order chi connectivity index (χ0) is 10.4. The number of amides is 1. The Bertz CT molecular complexity index is 192. The largest absolute Gasteiger partial charge is 0.469 e. The molecule has 0 aliphatic rings. The van der Waals surface area contributed by atoms with Crippen LogP contribution in [0.15, 0.2) is 0 Å². The van der Waals surface area contributed by atoms with Crippen molar-refractivity contribution in [3.05, 3.63) is 0 Å². The molecular weight excluding hydrogens is 172 g/mol. The molecule has 13 heavy (non-hydrogen) atoms. The number of hydrazine groups is 1. The lowest BCUT2D eigenvalue weighted by atomic mass is 10.4. The summed E-state index contributed by atoms with van der Waals surface area (Å²) in [5.41, 5.74) is 0. The summed E-state index contributed by atoms with van der Waals surface area (Å²) in [4.78, 5) is 21.8. The van der Waals surface area contributed by atoms with Crippen LogP contribution in [0.4, 0.5) is 0 Å². The van der Waals surface area contributed by atoms with E-state index in [2.05, 4.69) is 4.74 Å². The molecule has 0 saturated carbocycles. The highest BCUT2D eigenvalue weighted by molar-refractivity contribution is 5.74. The van der Waals surface area contributed by atoms with E-state index in [4.69, 9.17) is 0 Å². The molecule has 0 aromatic heterocycles. The molecule has 0 spiro atoms. The molecule has 0 heterocycles. The molecule has 5 nitrogen and oxygen atoms in total. The SMILES string of the molecule is COC(=O)CCN(C(C)=O)N(C)C. The first-order valence-electron chi connectivity index (χ1n) is 4.01. The summed E-state index contributed by atoms with van der Waals surface area (Å²) in [7, 11) is 4.83. The predicted octanol–water partition coefficient (Wildman–Crippen LogP) is -0.125. The van der Waals surface area contributed by atoms with Gasteiger partial charge in [-0.1, -0.05) is 0 Å². The van der Waals surface area contributed by atoms with Crippen LogP contribution >= 0.6 is 0 Å². The molecule has 0 N–H and O–H groups in total. The van der Waals surface area contributed by atoms with Gasteiger partial charge in [0.15, 0.2) is 0 Å². The second kappa shape index (κ2) is 5.53. The summed E-state index contributed by atoms with van der Waals surface area (Å²) in [6.45, 7) is 1.81. The first-order chi connectivity index (χ1) is 5.99. The molecule has 0 rings (SSSR count). The first kappa shape index (κ1) is 11.9. The van der Waals surface area contributed by atoms with Crippen molar-refractivity contribution in [2.75, 3.05) is 27.7 Å². The number of ether oxygens (including phenoxy) is 1. The van der Waals surface area contributed by atoms with E-state index in [-0.39, 0.29) is 18.3 Å². The van der Waals surface area contributed by atoms with E-state index in [0.717, 1.165) is 0 Å². The molecule has 0 bridgehead atoms. The monoisotopic (exact) mass is 188 g/mol. The van der Waals surface area contributed by atoms with Crippen LogP contribution < -0.4 is 0 Å². The molecule has 0 aliphatic heterocycles. The predicted molar refractivity (Wildman–Crippen MR) is 47.7 cm³/mol. The van der Waals surface area contributed by atoms with Crippen molar-refractivity contribution in [3.8, 4) is 0 Å².